The zero-order chi connectivity index (χ0) is 13.1. The number of carbonyl (C=O) groups excluding carboxylic acids is 1. The molecule has 0 saturated carbocycles. The molecule has 1 aromatic rings. The van der Waals surface area contributed by atoms with Crippen LogP contribution in [0.3, 0.4) is 0 Å². The minimum Gasteiger partial charge on any atom is -0.306 e. The van der Waals surface area contributed by atoms with E-state index in [1.54, 1.807) is 0 Å². The summed E-state index contributed by atoms with van der Waals surface area (Å²) in [6.45, 7) is 2.78. The van der Waals surface area contributed by atoms with E-state index in [0.29, 0.717) is 12.6 Å². The van der Waals surface area contributed by atoms with E-state index in [-0.39, 0.29) is 5.78 Å². The number of ketones is 1. The van der Waals surface area contributed by atoms with Gasteiger partial charge in [0.1, 0.15) is 0 Å². The zero-order valence-electron chi connectivity index (χ0n) is 10.9. The summed E-state index contributed by atoms with van der Waals surface area (Å²) in [4.78, 5) is 17.6. The van der Waals surface area contributed by atoms with E-state index < -0.39 is 0 Å². The number of likely N-dealkylation sites (N-methyl/N-ethyl adjacent to an activating group) is 1. The van der Waals surface area contributed by atoms with Crippen LogP contribution in [0.1, 0.15) is 22.5 Å². The van der Waals surface area contributed by atoms with Crippen LogP contribution < -0.4 is 0 Å². The molecule has 0 aliphatic carbocycles. The molecule has 0 spiro atoms. The molecule has 0 unspecified atom stereocenters. The normalized spacial score (nSPS) is 18.4. The smallest absolute Gasteiger partial charge is 0.187 e. The van der Waals surface area contributed by atoms with Crippen molar-refractivity contribution in [1.82, 2.24) is 9.80 Å². The lowest BCUT2D eigenvalue weighted by molar-refractivity contribution is 0.0875. The number of carbonyl (C=O) groups is 1. The van der Waals surface area contributed by atoms with Crippen molar-refractivity contribution in [2.75, 3.05) is 33.7 Å². The van der Waals surface area contributed by atoms with Gasteiger partial charge < -0.3 is 4.90 Å². The van der Waals surface area contributed by atoms with E-state index >= 15 is 0 Å². The van der Waals surface area contributed by atoms with Gasteiger partial charge in [-0.3, -0.25) is 9.69 Å². The fraction of sp³-hybridized carbons (Fsp3) is 0.615. The molecule has 0 atom stereocenters. The van der Waals surface area contributed by atoms with Crippen molar-refractivity contribution in [3.8, 4) is 0 Å². The van der Waals surface area contributed by atoms with Crippen molar-refractivity contribution in [1.29, 1.82) is 0 Å². The molecular formula is C13H19BrN2OS. The van der Waals surface area contributed by atoms with Crippen LogP contribution in [-0.4, -0.2) is 55.4 Å². The minimum absolute atomic E-state index is 0.221. The quantitative estimate of drug-likeness (QED) is 0.793. The maximum atomic E-state index is 12.2. The van der Waals surface area contributed by atoms with Crippen molar-refractivity contribution in [2.45, 2.75) is 18.9 Å². The van der Waals surface area contributed by atoms with Crippen LogP contribution in [0.25, 0.3) is 0 Å². The van der Waals surface area contributed by atoms with Gasteiger partial charge in [-0.25, -0.2) is 0 Å². The second-order valence-electron chi connectivity index (χ2n) is 4.97. The predicted molar refractivity (Wildman–Crippen MR) is 79.5 cm³/mol. The highest BCUT2D eigenvalue weighted by molar-refractivity contribution is 9.10. The van der Waals surface area contributed by atoms with E-state index in [2.05, 4.69) is 39.8 Å². The highest BCUT2D eigenvalue weighted by atomic mass is 79.9. The molecule has 0 N–H and O–H groups in total. The molecule has 2 heterocycles. The summed E-state index contributed by atoms with van der Waals surface area (Å²) in [6, 6.07) is 2.48. The first-order valence-corrected chi connectivity index (χ1v) is 7.90. The third-order valence-electron chi connectivity index (χ3n) is 3.57. The number of thiophene rings is 1. The van der Waals surface area contributed by atoms with Crippen LogP contribution in [0, 0.1) is 0 Å². The molecule has 0 bridgehead atoms. The number of likely N-dealkylation sites (tertiary alicyclic amines) is 1. The van der Waals surface area contributed by atoms with Gasteiger partial charge in [-0.15, -0.1) is 11.3 Å². The molecule has 1 saturated heterocycles. The Hall–Kier alpha value is -0.230. The average Bonchev–Trinajstić information content (AvgIpc) is 2.76. The lowest BCUT2D eigenvalue weighted by Crippen LogP contribution is -2.43. The first-order valence-electron chi connectivity index (χ1n) is 6.23. The second-order valence-corrected chi connectivity index (χ2v) is 6.74. The van der Waals surface area contributed by atoms with Crippen molar-refractivity contribution in [3.63, 3.8) is 0 Å². The summed E-state index contributed by atoms with van der Waals surface area (Å²) in [5.74, 6) is 0.221. The summed E-state index contributed by atoms with van der Waals surface area (Å²) in [7, 11) is 4.22. The Kier molecular flexibility index (Phi) is 4.95. The second kappa shape index (κ2) is 6.28. The van der Waals surface area contributed by atoms with Gasteiger partial charge in [0.25, 0.3) is 0 Å². The van der Waals surface area contributed by atoms with E-state index in [9.17, 15) is 4.79 Å². The standard InChI is InChI=1S/C13H19BrN2OS/c1-15-6-3-10(4-7-15)16(2)9-12(17)13-11(14)5-8-18-13/h5,8,10H,3-4,6-7,9H2,1-2H3. The van der Waals surface area contributed by atoms with Gasteiger partial charge in [-0.2, -0.15) is 0 Å². The molecule has 1 fully saturated rings. The molecule has 5 heteroatoms. The number of piperidine rings is 1. The SMILES string of the molecule is CN1CCC(N(C)CC(=O)c2sccc2Br)CC1. The van der Waals surface area contributed by atoms with Gasteiger partial charge in [-0.1, -0.05) is 0 Å². The molecule has 1 aromatic heterocycles. The molecule has 1 aliphatic rings. The zero-order valence-corrected chi connectivity index (χ0v) is 13.3. The third-order valence-corrected chi connectivity index (χ3v) is 5.45. The number of rotatable bonds is 4. The van der Waals surface area contributed by atoms with Crippen molar-refractivity contribution in [2.24, 2.45) is 0 Å². The van der Waals surface area contributed by atoms with Gasteiger partial charge >= 0.3 is 0 Å². The van der Waals surface area contributed by atoms with Crippen LogP contribution in [0.2, 0.25) is 0 Å². The van der Waals surface area contributed by atoms with Crippen molar-refractivity contribution >= 4 is 33.0 Å². The Morgan fingerprint density at radius 1 is 1.56 bits per heavy atom. The van der Waals surface area contributed by atoms with Gasteiger partial charge in [-0.05, 0) is 67.4 Å². The fourth-order valence-corrected chi connectivity index (χ4v) is 3.88. The summed E-state index contributed by atoms with van der Waals surface area (Å²) in [5, 5.41) is 1.95. The molecule has 2 rings (SSSR count). The molecule has 1 aliphatic heterocycles. The Bertz CT molecular complexity index is 413. The Labute approximate surface area is 121 Å². The number of Topliss-reactive ketones (excluding diaryl/α,β-unsaturated/α-hetero) is 1. The number of hydrogen-bond donors (Lipinski definition) is 0. The van der Waals surface area contributed by atoms with Crippen LogP contribution in [0.5, 0.6) is 0 Å². The Balaban J connectivity index is 1.89. The largest absolute Gasteiger partial charge is 0.306 e. The topological polar surface area (TPSA) is 23.6 Å². The molecule has 0 aromatic carbocycles. The minimum atomic E-state index is 0.221. The maximum Gasteiger partial charge on any atom is 0.187 e. The van der Waals surface area contributed by atoms with E-state index in [4.69, 9.17) is 0 Å². The lowest BCUT2D eigenvalue weighted by atomic mass is 10.0. The summed E-state index contributed by atoms with van der Waals surface area (Å²) in [6.07, 6.45) is 2.32. The van der Waals surface area contributed by atoms with Crippen molar-refractivity contribution in [3.05, 3.63) is 20.8 Å². The van der Waals surface area contributed by atoms with E-state index in [1.165, 1.54) is 11.3 Å². The number of halogens is 1. The summed E-state index contributed by atoms with van der Waals surface area (Å²) >= 11 is 4.94. The third kappa shape index (κ3) is 3.41. The molecule has 3 nitrogen and oxygen atoms in total. The first kappa shape index (κ1) is 14.2. The maximum absolute atomic E-state index is 12.2. The van der Waals surface area contributed by atoms with E-state index in [1.807, 2.05) is 11.4 Å². The van der Waals surface area contributed by atoms with Gasteiger partial charge in [0.05, 0.1) is 11.4 Å². The molecule has 18 heavy (non-hydrogen) atoms. The Morgan fingerprint density at radius 3 is 2.78 bits per heavy atom. The van der Waals surface area contributed by atoms with Crippen LogP contribution >= 0.6 is 27.3 Å². The van der Waals surface area contributed by atoms with Crippen LogP contribution in [-0.2, 0) is 0 Å². The predicted octanol–water partition coefficient (Wildman–Crippen LogP) is 2.72. The summed E-state index contributed by atoms with van der Waals surface area (Å²) < 4.78 is 0.925. The number of hydrogen-bond acceptors (Lipinski definition) is 4. The van der Waals surface area contributed by atoms with E-state index in [0.717, 1.165) is 35.3 Å². The average molecular weight is 331 g/mol. The first-order chi connectivity index (χ1) is 8.58. The molecular weight excluding hydrogens is 312 g/mol. The van der Waals surface area contributed by atoms with Crippen LogP contribution in [0.15, 0.2) is 15.9 Å². The highest BCUT2D eigenvalue weighted by Gasteiger charge is 2.23. The van der Waals surface area contributed by atoms with Crippen molar-refractivity contribution < 1.29 is 4.79 Å². The summed E-state index contributed by atoms with van der Waals surface area (Å²) in [5.41, 5.74) is 0. The fourth-order valence-electron chi connectivity index (χ4n) is 2.36. The molecule has 0 amide bonds. The molecule has 100 valence electrons. The van der Waals surface area contributed by atoms with Crippen LogP contribution in [0.4, 0.5) is 0 Å². The monoisotopic (exact) mass is 330 g/mol. The lowest BCUT2D eigenvalue weighted by Gasteiger charge is -2.34. The highest BCUT2D eigenvalue weighted by Crippen LogP contribution is 2.24. The van der Waals surface area contributed by atoms with Gasteiger partial charge in [0.2, 0.25) is 0 Å². The number of nitrogens with zero attached hydrogens (tertiary/aromatic N) is 2. The molecule has 0 radical (unpaired) electrons. The van der Waals surface area contributed by atoms with Gasteiger partial charge in [0.15, 0.2) is 5.78 Å². The Morgan fingerprint density at radius 2 is 2.22 bits per heavy atom. The van der Waals surface area contributed by atoms with Gasteiger partial charge in [0, 0.05) is 10.5 Å².